The van der Waals surface area contributed by atoms with Crippen LogP contribution >= 0.6 is 24.0 Å². The van der Waals surface area contributed by atoms with Crippen molar-refractivity contribution in [2.75, 3.05) is 26.7 Å². The third kappa shape index (κ3) is 10.5. The lowest BCUT2D eigenvalue weighted by Crippen LogP contribution is -2.39. The zero-order valence-electron chi connectivity index (χ0n) is 15.1. The fourth-order valence-electron chi connectivity index (χ4n) is 2.00. The van der Waals surface area contributed by atoms with Crippen molar-refractivity contribution in [3.05, 3.63) is 36.5 Å². The van der Waals surface area contributed by atoms with Gasteiger partial charge in [0, 0.05) is 32.4 Å². The van der Waals surface area contributed by atoms with Gasteiger partial charge in [-0.05, 0) is 31.4 Å². The van der Waals surface area contributed by atoms with Crippen LogP contribution in [0.15, 0.2) is 36.0 Å². The Balaban J connectivity index is 0.00000625. The second kappa shape index (κ2) is 12.8. The van der Waals surface area contributed by atoms with Crippen LogP contribution in [-0.4, -0.2) is 48.8 Å². The van der Waals surface area contributed by atoms with Crippen LogP contribution in [0, 0.1) is 0 Å². The van der Waals surface area contributed by atoms with Crippen LogP contribution < -0.4 is 10.1 Å². The van der Waals surface area contributed by atoms with Crippen LogP contribution in [0.25, 0.3) is 0 Å². The number of aliphatic imine (C=N–C) groups is 1. The van der Waals surface area contributed by atoms with Crippen LogP contribution in [0.3, 0.4) is 0 Å². The number of aromatic nitrogens is 1. The van der Waals surface area contributed by atoms with Crippen molar-refractivity contribution >= 4 is 29.9 Å². The number of ether oxygens (including phenoxy) is 1. The van der Waals surface area contributed by atoms with Gasteiger partial charge < -0.3 is 15.0 Å². The molecule has 0 saturated carbocycles. The molecule has 1 aromatic rings. The lowest BCUT2D eigenvalue weighted by Gasteiger charge is -2.21. The van der Waals surface area contributed by atoms with Crippen LogP contribution in [0.2, 0.25) is 0 Å². The highest BCUT2D eigenvalue weighted by Crippen LogP contribution is 2.17. The Labute approximate surface area is 169 Å². The van der Waals surface area contributed by atoms with Crippen molar-refractivity contribution in [2.45, 2.75) is 32.5 Å². The van der Waals surface area contributed by atoms with E-state index in [1.807, 2.05) is 24.9 Å². The second-order valence-corrected chi connectivity index (χ2v) is 5.43. The first-order chi connectivity index (χ1) is 11.9. The Morgan fingerprint density at radius 2 is 2.19 bits per heavy atom. The first kappa shape index (κ1) is 24.5. The summed E-state index contributed by atoms with van der Waals surface area (Å²) in [6.45, 7) is 6.18. The van der Waals surface area contributed by atoms with Gasteiger partial charge in [-0.1, -0.05) is 6.08 Å². The van der Waals surface area contributed by atoms with Crippen molar-refractivity contribution in [1.29, 1.82) is 0 Å². The van der Waals surface area contributed by atoms with Gasteiger partial charge in [0.1, 0.15) is 0 Å². The highest BCUT2D eigenvalue weighted by molar-refractivity contribution is 14.0. The molecule has 148 valence electrons. The summed E-state index contributed by atoms with van der Waals surface area (Å²) in [5, 5.41) is 3.19. The second-order valence-electron chi connectivity index (χ2n) is 5.43. The monoisotopic (exact) mass is 486 g/mol. The average molecular weight is 486 g/mol. The number of nitrogens with zero attached hydrogens (tertiary/aromatic N) is 3. The molecule has 0 radical (unpaired) electrons. The minimum absolute atomic E-state index is 0. The van der Waals surface area contributed by atoms with Gasteiger partial charge in [-0.2, -0.15) is 13.2 Å². The van der Waals surface area contributed by atoms with Crippen LogP contribution in [0.4, 0.5) is 13.2 Å². The molecule has 0 spiro atoms. The molecule has 1 N–H and O–H groups in total. The molecule has 0 amide bonds. The van der Waals surface area contributed by atoms with Crippen LogP contribution in [-0.2, 0) is 6.54 Å². The number of rotatable bonds is 9. The third-order valence-electron chi connectivity index (χ3n) is 3.19. The van der Waals surface area contributed by atoms with E-state index >= 15 is 0 Å². The summed E-state index contributed by atoms with van der Waals surface area (Å²) in [6, 6.07) is 3.17. The highest BCUT2D eigenvalue weighted by atomic mass is 127. The summed E-state index contributed by atoms with van der Waals surface area (Å²) in [4.78, 5) is 10.3. The maximum absolute atomic E-state index is 12.2. The Bertz CT molecular complexity index is 567. The number of nitrogens with one attached hydrogen (secondary N) is 1. The zero-order valence-corrected chi connectivity index (χ0v) is 17.4. The SMILES string of the molecule is C=CCCCN(C)C(=NCc1ccnc(OCC(F)(F)F)c1)NCC.I. The van der Waals surface area contributed by atoms with Crippen molar-refractivity contribution < 1.29 is 17.9 Å². The van der Waals surface area contributed by atoms with Crippen molar-refractivity contribution in [3.63, 3.8) is 0 Å². The summed E-state index contributed by atoms with van der Waals surface area (Å²) in [6.07, 6.45) is 0.792. The van der Waals surface area contributed by atoms with E-state index in [9.17, 15) is 13.2 Å². The summed E-state index contributed by atoms with van der Waals surface area (Å²) >= 11 is 0. The van der Waals surface area contributed by atoms with E-state index in [-0.39, 0.29) is 29.9 Å². The first-order valence-corrected chi connectivity index (χ1v) is 8.10. The lowest BCUT2D eigenvalue weighted by molar-refractivity contribution is -0.154. The number of pyridine rings is 1. The van der Waals surface area contributed by atoms with E-state index in [0.717, 1.165) is 37.5 Å². The molecular formula is C17H26F3IN4O. The molecule has 0 aliphatic rings. The van der Waals surface area contributed by atoms with E-state index in [2.05, 4.69) is 26.6 Å². The molecule has 0 unspecified atom stereocenters. The maximum atomic E-state index is 12.2. The third-order valence-corrected chi connectivity index (χ3v) is 3.19. The zero-order chi connectivity index (χ0) is 18.7. The minimum Gasteiger partial charge on any atom is -0.468 e. The van der Waals surface area contributed by atoms with Crippen LogP contribution in [0.1, 0.15) is 25.3 Å². The molecule has 9 heteroatoms. The fraction of sp³-hybridized carbons (Fsp3) is 0.529. The Morgan fingerprint density at radius 1 is 1.46 bits per heavy atom. The summed E-state index contributed by atoms with van der Waals surface area (Å²) in [5.41, 5.74) is 0.724. The Kier molecular flexibility index (Phi) is 12.0. The van der Waals surface area contributed by atoms with Gasteiger partial charge in [0.05, 0.1) is 6.54 Å². The smallest absolute Gasteiger partial charge is 0.422 e. The summed E-state index contributed by atoms with van der Waals surface area (Å²) in [5.74, 6) is 0.676. The number of halogens is 4. The van der Waals surface area contributed by atoms with Gasteiger partial charge in [-0.3, -0.25) is 0 Å². The number of alkyl halides is 3. The standard InChI is InChI=1S/C17H25F3N4O.HI/c1-4-6-7-10-24(3)16(21-5-2)23-12-14-8-9-22-15(11-14)25-13-17(18,19)20;/h4,8-9,11H,1,5-7,10,12-13H2,2-3H3,(H,21,23);1H. The fourth-order valence-corrected chi connectivity index (χ4v) is 2.00. The molecule has 1 aromatic heterocycles. The number of guanidine groups is 1. The molecule has 5 nitrogen and oxygen atoms in total. The van der Waals surface area contributed by atoms with E-state index in [4.69, 9.17) is 0 Å². The normalized spacial score (nSPS) is 11.5. The molecule has 1 heterocycles. The topological polar surface area (TPSA) is 49.8 Å². The molecule has 0 saturated heterocycles. The molecule has 26 heavy (non-hydrogen) atoms. The van der Waals surface area contributed by atoms with E-state index in [1.54, 1.807) is 6.07 Å². The van der Waals surface area contributed by atoms with Gasteiger partial charge in [0.15, 0.2) is 12.6 Å². The lowest BCUT2D eigenvalue weighted by atomic mass is 10.2. The van der Waals surface area contributed by atoms with Crippen LogP contribution in [0.5, 0.6) is 5.88 Å². The van der Waals surface area contributed by atoms with Gasteiger partial charge in [-0.15, -0.1) is 30.6 Å². The van der Waals surface area contributed by atoms with Gasteiger partial charge in [0.25, 0.3) is 0 Å². The van der Waals surface area contributed by atoms with Gasteiger partial charge in [-0.25, -0.2) is 9.98 Å². The quantitative estimate of drug-likeness (QED) is 0.189. The molecule has 0 aliphatic heterocycles. The molecule has 1 rings (SSSR count). The largest absolute Gasteiger partial charge is 0.468 e. The molecule has 0 aromatic carbocycles. The van der Waals surface area contributed by atoms with Crippen molar-refractivity contribution in [1.82, 2.24) is 15.2 Å². The van der Waals surface area contributed by atoms with E-state index < -0.39 is 12.8 Å². The molecule has 0 aliphatic carbocycles. The molecular weight excluding hydrogens is 460 g/mol. The van der Waals surface area contributed by atoms with Crippen molar-refractivity contribution in [2.24, 2.45) is 4.99 Å². The molecule has 0 fully saturated rings. The average Bonchev–Trinajstić information content (AvgIpc) is 2.56. The summed E-state index contributed by atoms with van der Waals surface area (Å²) in [7, 11) is 1.94. The predicted molar refractivity (Wildman–Crippen MR) is 108 cm³/mol. The molecule has 0 bridgehead atoms. The Morgan fingerprint density at radius 3 is 2.81 bits per heavy atom. The minimum atomic E-state index is -4.39. The highest BCUT2D eigenvalue weighted by Gasteiger charge is 2.28. The van der Waals surface area contributed by atoms with Crippen molar-refractivity contribution in [3.8, 4) is 5.88 Å². The van der Waals surface area contributed by atoms with Gasteiger partial charge in [0.2, 0.25) is 5.88 Å². The van der Waals surface area contributed by atoms with Gasteiger partial charge >= 0.3 is 6.18 Å². The van der Waals surface area contributed by atoms with E-state index in [1.165, 1.54) is 12.3 Å². The Hall–Kier alpha value is -1.52. The first-order valence-electron chi connectivity index (χ1n) is 8.10. The molecule has 0 atom stereocenters. The van der Waals surface area contributed by atoms with E-state index in [0.29, 0.717) is 6.54 Å². The number of hydrogen-bond donors (Lipinski definition) is 1. The summed E-state index contributed by atoms with van der Waals surface area (Å²) < 4.78 is 41.3. The number of unbranched alkanes of at least 4 members (excludes halogenated alkanes) is 1. The predicted octanol–water partition coefficient (Wildman–Crippen LogP) is 4.00. The number of allylic oxidation sites excluding steroid dienone is 1. The maximum Gasteiger partial charge on any atom is 0.422 e. The number of hydrogen-bond acceptors (Lipinski definition) is 3.